The first-order chi connectivity index (χ1) is 12.1. The summed E-state index contributed by atoms with van der Waals surface area (Å²) in [6.45, 7) is 3.00. The van der Waals surface area contributed by atoms with E-state index in [1.165, 1.54) is 22.1 Å². The minimum Gasteiger partial charge on any atom is -0.352 e. The van der Waals surface area contributed by atoms with Gasteiger partial charge in [0.25, 0.3) is 0 Å². The van der Waals surface area contributed by atoms with Crippen LogP contribution in [-0.4, -0.2) is 19.3 Å². The number of benzene rings is 2. The second kappa shape index (κ2) is 9.09. The van der Waals surface area contributed by atoms with Crippen molar-refractivity contribution >= 4 is 17.7 Å². The van der Waals surface area contributed by atoms with Gasteiger partial charge in [-0.05, 0) is 42.5 Å². The van der Waals surface area contributed by atoms with E-state index in [1.807, 2.05) is 6.07 Å². The van der Waals surface area contributed by atoms with Crippen molar-refractivity contribution in [3.8, 4) is 6.07 Å². The van der Waals surface area contributed by atoms with Crippen molar-refractivity contribution in [1.29, 1.82) is 5.26 Å². The fourth-order valence-electron chi connectivity index (χ4n) is 2.34. The Labute approximate surface area is 152 Å². The molecule has 130 valence electrons. The molecule has 0 saturated carbocycles. The standard InChI is InChI=1S/C19H21FN4S/c1-13-4-6-16(18(8-13)25-3)12-24-19(22-2)23-11-15-7-5-14(10-21)9-17(15)20/h4-9H,11-12H2,1-3H3,(H2,22,23,24). The maximum Gasteiger partial charge on any atom is 0.191 e. The first kappa shape index (κ1) is 18.8. The lowest BCUT2D eigenvalue weighted by atomic mass is 10.1. The Morgan fingerprint density at radius 1 is 1.16 bits per heavy atom. The molecule has 0 aromatic heterocycles. The molecule has 0 unspecified atom stereocenters. The topological polar surface area (TPSA) is 60.2 Å². The lowest BCUT2D eigenvalue weighted by Crippen LogP contribution is -2.36. The summed E-state index contributed by atoms with van der Waals surface area (Å²) >= 11 is 1.71. The van der Waals surface area contributed by atoms with Crippen LogP contribution in [0.3, 0.4) is 0 Å². The van der Waals surface area contributed by atoms with Crippen LogP contribution in [0.4, 0.5) is 4.39 Å². The minimum absolute atomic E-state index is 0.292. The van der Waals surface area contributed by atoms with Crippen LogP contribution in [0.5, 0.6) is 0 Å². The Hall–Kier alpha value is -2.52. The molecule has 0 amide bonds. The van der Waals surface area contributed by atoms with Gasteiger partial charge in [0.05, 0.1) is 11.6 Å². The van der Waals surface area contributed by atoms with Gasteiger partial charge in [-0.25, -0.2) is 4.39 Å². The summed E-state index contributed by atoms with van der Waals surface area (Å²) < 4.78 is 13.9. The number of thioether (sulfide) groups is 1. The number of halogens is 1. The summed E-state index contributed by atoms with van der Waals surface area (Å²) in [5.41, 5.74) is 3.22. The maximum absolute atomic E-state index is 13.9. The minimum atomic E-state index is -0.398. The molecule has 25 heavy (non-hydrogen) atoms. The Bertz CT molecular complexity index is 812. The largest absolute Gasteiger partial charge is 0.352 e. The lowest BCUT2D eigenvalue weighted by Gasteiger charge is -2.14. The average Bonchev–Trinajstić information content (AvgIpc) is 2.63. The van der Waals surface area contributed by atoms with Crippen molar-refractivity contribution in [2.75, 3.05) is 13.3 Å². The molecule has 2 rings (SSSR count). The van der Waals surface area contributed by atoms with Crippen molar-refractivity contribution in [1.82, 2.24) is 10.6 Å². The average molecular weight is 356 g/mol. The molecule has 0 fully saturated rings. The fraction of sp³-hybridized carbons (Fsp3) is 0.263. The van der Waals surface area contributed by atoms with Crippen LogP contribution in [0, 0.1) is 24.1 Å². The molecular formula is C19H21FN4S. The molecule has 0 saturated heterocycles. The molecular weight excluding hydrogens is 335 g/mol. The Kier molecular flexibility index (Phi) is 6.84. The predicted octanol–water partition coefficient (Wildman–Crippen LogP) is 3.59. The maximum atomic E-state index is 13.9. The number of hydrogen-bond acceptors (Lipinski definition) is 3. The Balaban J connectivity index is 1.97. The fourth-order valence-corrected chi connectivity index (χ4v) is 3.04. The molecule has 2 aromatic rings. The number of nitriles is 1. The highest BCUT2D eigenvalue weighted by Crippen LogP contribution is 2.21. The zero-order chi connectivity index (χ0) is 18.2. The van der Waals surface area contributed by atoms with Crippen LogP contribution in [0.2, 0.25) is 0 Å². The molecule has 0 aliphatic rings. The number of aliphatic imine (C=N–C) groups is 1. The van der Waals surface area contributed by atoms with Crippen molar-refractivity contribution in [3.63, 3.8) is 0 Å². The quantitative estimate of drug-likeness (QED) is 0.488. The Morgan fingerprint density at radius 2 is 1.84 bits per heavy atom. The van der Waals surface area contributed by atoms with Gasteiger partial charge in [-0.2, -0.15) is 5.26 Å². The molecule has 0 heterocycles. The monoisotopic (exact) mass is 356 g/mol. The zero-order valence-electron chi connectivity index (χ0n) is 14.6. The third-order valence-electron chi connectivity index (χ3n) is 3.74. The highest BCUT2D eigenvalue weighted by atomic mass is 32.2. The van der Waals surface area contributed by atoms with Gasteiger partial charge in [-0.15, -0.1) is 11.8 Å². The van der Waals surface area contributed by atoms with Crippen molar-refractivity contribution in [2.24, 2.45) is 4.99 Å². The molecule has 4 nitrogen and oxygen atoms in total. The molecule has 0 aliphatic heterocycles. The van der Waals surface area contributed by atoms with E-state index in [2.05, 4.69) is 47.0 Å². The van der Waals surface area contributed by atoms with Gasteiger partial charge in [-0.1, -0.05) is 18.2 Å². The number of rotatable bonds is 5. The number of hydrogen-bond donors (Lipinski definition) is 2. The van der Waals surface area contributed by atoms with Crippen LogP contribution in [0.15, 0.2) is 46.3 Å². The van der Waals surface area contributed by atoms with Crippen LogP contribution in [0.25, 0.3) is 0 Å². The van der Waals surface area contributed by atoms with Crippen LogP contribution >= 0.6 is 11.8 Å². The molecule has 0 bridgehead atoms. The molecule has 2 aromatic carbocycles. The Morgan fingerprint density at radius 3 is 2.44 bits per heavy atom. The van der Waals surface area contributed by atoms with E-state index in [4.69, 9.17) is 5.26 Å². The zero-order valence-corrected chi connectivity index (χ0v) is 15.4. The van der Waals surface area contributed by atoms with E-state index >= 15 is 0 Å². The van der Waals surface area contributed by atoms with Gasteiger partial charge in [0.15, 0.2) is 5.96 Å². The second-order valence-electron chi connectivity index (χ2n) is 5.51. The van der Waals surface area contributed by atoms with E-state index in [0.717, 1.165) is 0 Å². The highest BCUT2D eigenvalue weighted by Gasteiger charge is 2.06. The van der Waals surface area contributed by atoms with Gasteiger partial charge in [0.1, 0.15) is 5.82 Å². The van der Waals surface area contributed by atoms with E-state index in [-0.39, 0.29) is 0 Å². The van der Waals surface area contributed by atoms with Gasteiger partial charge in [-0.3, -0.25) is 4.99 Å². The van der Waals surface area contributed by atoms with Crippen LogP contribution in [-0.2, 0) is 13.1 Å². The summed E-state index contributed by atoms with van der Waals surface area (Å²) in [6, 6.07) is 12.7. The van der Waals surface area contributed by atoms with Gasteiger partial charge in [0.2, 0.25) is 0 Å². The van der Waals surface area contributed by atoms with E-state index in [0.29, 0.717) is 30.2 Å². The molecule has 0 atom stereocenters. The molecule has 0 spiro atoms. The highest BCUT2D eigenvalue weighted by molar-refractivity contribution is 7.98. The SMILES string of the molecule is CN=C(NCc1ccc(C#N)cc1F)NCc1ccc(C)cc1SC. The summed E-state index contributed by atoms with van der Waals surface area (Å²) in [6.07, 6.45) is 2.05. The van der Waals surface area contributed by atoms with Gasteiger partial charge >= 0.3 is 0 Å². The first-order valence-corrected chi connectivity index (χ1v) is 9.06. The number of guanidine groups is 1. The summed E-state index contributed by atoms with van der Waals surface area (Å²) in [5, 5.41) is 15.1. The number of nitrogens with zero attached hydrogens (tertiary/aromatic N) is 2. The normalized spacial score (nSPS) is 11.1. The van der Waals surface area contributed by atoms with Crippen LogP contribution < -0.4 is 10.6 Å². The van der Waals surface area contributed by atoms with Crippen molar-refractivity contribution < 1.29 is 4.39 Å². The summed E-state index contributed by atoms with van der Waals surface area (Å²) in [4.78, 5) is 5.39. The number of nitrogens with one attached hydrogen (secondary N) is 2. The molecule has 0 radical (unpaired) electrons. The summed E-state index contributed by atoms with van der Waals surface area (Å²) in [7, 11) is 1.68. The first-order valence-electron chi connectivity index (χ1n) is 7.84. The van der Waals surface area contributed by atoms with E-state index < -0.39 is 5.82 Å². The number of aryl methyl sites for hydroxylation is 1. The van der Waals surface area contributed by atoms with Crippen molar-refractivity contribution in [3.05, 3.63) is 64.5 Å². The molecule has 2 N–H and O–H groups in total. The van der Waals surface area contributed by atoms with E-state index in [9.17, 15) is 4.39 Å². The third-order valence-corrected chi connectivity index (χ3v) is 4.56. The molecule has 0 aliphatic carbocycles. The van der Waals surface area contributed by atoms with Crippen molar-refractivity contribution in [2.45, 2.75) is 24.9 Å². The van der Waals surface area contributed by atoms with Gasteiger partial charge < -0.3 is 10.6 Å². The smallest absolute Gasteiger partial charge is 0.191 e. The van der Waals surface area contributed by atoms with E-state index in [1.54, 1.807) is 30.9 Å². The van der Waals surface area contributed by atoms with Gasteiger partial charge in [0, 0.05) is 30.6 Å². The second-order valence-corrected chi connectivity index (χ2v) is 6.36. The third kappa shape index (κ3) is 5.23. The molecule has 6 heteroatoms. The lowest BCUT2D eigenvalue weighted by molar-refractivity contribution is 0.604. The predicted molar refractivity (Wildman–Crippen MR) is 101 cm³/mol. The summed E-state index contributed by atoms with van der Waals surface area (Å²) in [5.74, 6) is 0.196. The van der Waals surface area contributed by atoms with Crippen LogP contribution in [0.1, 0.15) is 22.3 Å².